The number of phenols is 1. The molecule has 0 aliphatic carbocycles. The van der Waals surface area contributed by atoms with Gasteiger partial charge in [0.05, 0.1) is 33.5 Å². The lowest BCUT2D eigenvalue weighted by molar-refractivity contribution is 0.471. The zero-order valence-corrected chi connectivity index (χ0v) is 37.5. The summed E-state index contributed by atoms with van der Waals surface area (Å²) in [6, 6.07) is 37.6. The van der Waals surface area contributed by atoms with E-state index in [2.05, 4.69) is 158 Å². The quantitative estimate of drug-likeness (QED) is 0.166. The van der Waals surface area contributed by atoms with Gasteiger partial charge in [-0.2, -0.15) is 0 Å². The van der Waals surface area contributed by atoms with Crippen LogP contribution in [0.2, 0.25) is 0 Å². The average Bonchev–Trinajstić information content (AvgIpc) is 3.67. The first kappa shape index (κ1) is 36.6. The van der Waals surface area contributed by atoms with Crippen LogP contribution < -0.4 is 0 Å². The van der Waals surface area contributed by atoms with Crippen LogP contribution in [0, 0.1) is 13.8 Å². The Bertz CT molecular complexity index is 3120. The predicted molar refractivity (Wildman–Crippen MR) is 258 cm³/mol. The third-order valence-electron chi connectivity index (χ3n) is 12.3. The summed E-state index contributed by atoms with van der Waals surface area (Å²) >= 11 is 0. The van der Waals surface area contributed by atoms with Crippen molar-refractivity contribution in [2.45, 2.75) is 98.8 Å². The van der Waals surface area contributed by atoms with Gasteiger partial charge in [0.25, 0.3) is 0 Å². The van der Waals surface area contributed by atoms with Gasteiger partial charge < -0.3 is 5.11 Å². The van der Waals surface area contributed by atoms with Gasteiger partial charge in [-0.15, -0.1) is 0 Å². The Morgan fingerprint density at radius 1 is 0.590 bits per heavy atom. The summed E-state index contributed by atoms with van der Waals surface area (Å²) < 4.78 is 36.9. The molecule has 0 radical (unpaired) electrons. The Kier molecular flexibility index (Phi) is 9.38. The monoisotopic (exact) mass is 805 g/mol. The van der Waals surface area contributed by atoms with Crippen LogP contribution in [0.4, 0.5) is 0 Å². The van der Waals surface area contributed by atoms with Gasteiger partial charge in [-0.1, -0.05) is 153 Å². The number of phenolic OH excluding ortho intramolecular Hbond substituents is 1. The highest BCUT2D eigenvalue weighted by Gasteiger charge is 2.27. The SMILES string of the molecule is [2H]c1c([2H])c(-c2ccnc(-c3cc(-c4cccc5c4nc(-c4cc(C(C)(C)C)cc(C)c4O)n5-c4ccc(C(C)(C)CC)cc4-c4ccccc4)cc(C(C)(C)C)c3)c2)c([2H])c([2H])c1C. The lowest BCUT2D eigenvalue weighted by atomic mass is 9.81. The summed E-state index contributed by atoms with van der Waals surface area (Å²) in [5.74, 6) is 0.831. The Morgan fingerprint density at radius 2 is 1.26 bits per heavy atom. The summed E-state index contributed by atoms with van der Waals surface area (Å²) in [5, 5.41) is 12.1. The van der Waals surface area contributed by atoms with Crippen LogP contribution in [0.15, 0.2) is 140 Å². The molecule has 0 spiro atoms. The second kappa shape index (κ2) is 15.6. The van der Waals surface area contributed by atoms with Gasteiger partial charge in [-0.3, -0.25) is 9.55 Å². The third kappa shape index (κ3) is 8.04. The topological polar surface area (TPSA) is 50.9 Å². The second-order valence-corrected chi connectivity index (χ2v) is 19.2. The zero-order chi connectivity index (χ0) is 46.9. The number of aryl methyl sites for hydroxylation is 1. The van der Waals surface area contributed by atoms with E-state index in [1.807, 2.05) is 19.1 Å². The van der Waals surface area contributed by atoms with E-state index >= 15 is 0 Å². The molecule has 6 aromatic carbocycles. The maximum absolute atomic E-state index is 12.1. The number of hydrogen-bond donors (Lipinski definition) is 1. The molecule has 0 aliphatic rings. The summed E-state index contributed by atoms with van der Waals surface area (Å²) in [7, 11) is 0. The molecule has 0 saturated carbocycles. The van der Waals surface area contributed by atoms with Gasteiger partial charge >= 0.3 is 0 Å². The van der Waals surface area contributed by atoms with E-state index in [1.54, 1.807) is 19.2 Å². The molecule has 1 N–H and O–H groups in total. The Balaban J connectivity index is 1.43. The molecular formula is C57H59N3O. The molecule has 0 unspecified atom stereocenters. The molecule has 2 aromatic heterocycles. The van der Waals surface area contributed by atoms with Crippen molar-refractivity contribution in [1.29, 1.82) is 0 Å². The molecular weight excluding hydrogens is 743 g/mol. The standard InChI is InChI=1S/C57H59N3O/c1-12-57(10,11)43-25-26-50(47(34-43)39-17-14-13-15-18-39)60-51-20-16-19-46(52(51)59-54(60)48-35-44(55(4,5)6)29-37(3)53(48)61)41-30-42(32-45(31-41)56(7,8)9)49-33-40(27-28-58-49)38-23-21-36(2)22-24-38/h13-35,61H,12H2,1-11H3/i21D,22D,23D,24D. The number of para-hydroxylation sites is 1. The Labute approximate surface area is 368 Å². The summed E-state index contributed by atoms with van der Waals surface area (Å²) in [5.41, 5.74) is 13.6. The van der Waals surface area contributed by atoms with Crippen LogP contribution in [0.25, 0.3) is 72.7 Å². The van der Waals surface area contributed by atoms with Gasteiger partial charge in [0, 0.05) is 22.9 Å². The lowest BCUT2D eigenvalue weighted by Crippen LogP contribution is -2.16. The highest BCUT2D eigenvalue weighted by atomic mass is 16.3. The molecule has 4 heteroatoms. The molecule has 8 rings (SSSR count). The normalized spacial score (nSPS) is 13.2. The van der Waals surface area contributed by atoms with Crippen molar-refractivity contribution >= 4 is 11.0 Å². The van der Waals surface area contributed by atoms with Gasteiger partial charge in [0.15, 0.2) is 0 Å². The van der Waals surface area contributed by atoms with E-state index < -0.39 is 0 Å². The number of benzene rings is 6. The van der Waals surface area contributed by atoms with E-state index in [0.29, 0.717) is 28.2 Å². The minimum Gasteiger partial charge on any atom is -0.507 e. The van der Waals surface area contributed by atoms with E-state index in [0.717, 1.165) is 67.6 Å². The Hall–Kier alpha value is -6.26. The molecule has 0 bridgehead atoms. The highest BCUT2D eigenvalue weighted by Crippen LogP contribution is 2.44. The number of aromatic hydroxyl groups is 1. The Morgan fingerprint density at radius 3 is 1.95 bits per heavy atom. The molecule has 4 nitrogen and oxygen atoms in total. The molecule has 0 amide bonds. The van der Waals surface area contributed by atoms with Crippen molar-refractivity contribution < 1.29 is 10.6 Å². The van der Waals surface area contributed by atoms with Gasteiger partial charge in [0.1, 0.15) is 11.6 Å². The highest BCUT2D eigenvalue weighted by molar-refractivity contribution is 5.98. The second-order valence-electron chi connectivity index (χ2n) is 19.2. The van der Waals surface area contributed by atoms with E-state index in [-0.39, 0.29) is 51.7 Å². The largest absolute Gasteiger partial charge is 0.507 e. The summed E-state index contributed by atoms with van der Waals surface area (Å²) in [6.07, 6.45) is 2.65. The summed E-state index contributed by atoms with van der Waals surface area (Å²) in [4.78, 5) is 10.4. The first-order valence-electron chi connectivity index (χ1n) is 23.4. The van der Waals surface area contributed by atoms with E-state index in [4.69, 9.17) is 15.5 Å². The molecule has 0 atom stereocenters. The number of imidazole rings is 1. The first-order chi connectivity index (χ1) is 30.6. The van der Waals surface area contributed by atoms with Crippen LogP contribution in [0.1, 0.15) is 102 Å². The van der Waals surface area contributed by atoms with Crippen molar-refractivity contribution in [3.05, 3.63) is 167 Å². The lowest BCUT2D eigenvalue weighted by Gasteiger charge is -2.26. The number of fused-ring (bicyclic) bond motifs is 1. The fourth-order valence-electron chi connectivity index (χ4n) is 7.97. The van der Waals surface area contributed by atoms with Gasteiger partial charge in [-0.25, -0.2) is 4.98 Å². The minimum absolute atomic E-state index is 0.0477. The fourth-order valence-corrected chi connectivity index (χ4v) is 7.97. The van der Waals surface area contributed by atoms with Crippen molar-refractivity contribution in [2.24, 2.45) is 0 Å². The smallest absolute Gasteiger partial charge is 0.149 e. The van der Waals surface area contributed by atoms with Crippen LogP contribution in [0.3, 0.4) is 0 Å². The summed E-state index contributed by atoms with van der Waals surface area (Å²) in [6.45, 7) is 23.5. The van der Waals surface area contributed by atoms with Crippen LogP contribution >= 0.6 is 0 Å². The molecule has 0 saturated heterocycles. The van der Waals surface area contributed by atoms with Crippen molar-refractivity contribution in [1.82, 2.24) is 14.5 Å². The van der Waals surface area contributed by atoms with Crippen LogP contribution in [-0.2, 0) is 16.2 Å². The maximum Gasteiger partial charge on any atom is 0.149 e. The van der Waals surface area contributed by atoms with Crippen molar-refractivity contribution in [3.63, 3.8) is 0 Å². The van der Waals surface area contributed by atoms with Crippen LogP contribution in [0.5, 0.6) is 5.75 Å². The molecule has 61 heavy (non-hydrogen) atoms. The molecule has 0 aliphatic heterocycles. The van der Waals surface area contributed by atoms with Crippen molar-refractivity contribution in [2.75, 3.05) is 0 Å². The average molecular weight is 806 g/mol. The predicted octanol–water partition coefficient (Wildman–Crippen LogP) is 15.4. The molecule has 0 fully saturated rings. The van der Waals surface area contributed by atoms with Crippen LogP contribution in [-0.4, -0.2) is 19.6 Å². The number of aromatic nitrogens is 3. The maximum atomic E-state index is 12.1. The number of nitrogens with zero attached hydrogens (tertiary/aromatic N) is 3. The number of pyridine rings is 1. The van der Waals surface area contributed by atoms with Gasteiger partial charge in [0.2, 0.25) is 0 Å². The minimum atomic E-state index is -0.254. The number of rotatable bonds is 8. The third-order valence-corrected chi connectivity index (χ3v) is 12.3. The molecule has 8 aromatic rings. The molecule has 308 valence electrons. The van der Waals surface area contributed by atoms with Crippen molar-refractivity contribution in [3.8, 4) is 67.5 Å². The van der Waals surface area contributed by atoms with Gasteiger partial charge in [-0.05, 0) is 130 Å². The first-order valence-corrected chi connectivity index (χ1v) is 21.4. The zero-order valence-electron chi connectivity index (χ0n) is 41.5. The number of hydrogen-bond acceptors (Lipinski definition) is 3. The molecule has 2 heterocycles. The fraction of sp³-hybridized carbons (Fsp3) is 0.263. The van der Waals surface area contributed by atoms with E-state index in [9.17, 15) is 5.11 Å². The van der Waals surface area contributed by atoms with E-state index in [1.165, 1.54) is 5.56 Å².